The lowest BCUT2D eigenvalue weighted by Crippen LogP contribution is -1.94. The molecule has 0 amide bonds. The molecule has 0 unspecified atom stereocenters. The van der Waals surface area contributed by atoms with E-state index in [9.17, 15) is 0 Å². The second-order valence-corrected chi connectivity index (χ2v) is 3.78. The van der Waals surface area contributed by atoms with E-state index in [4.69, 9.17) is 15.5 Å². The van der Waals surface area contributed by atoms with Gasteiger partial charge >= 0.3 is 0 Å². The molecule has 0 fully saturated rings. The first kappa shape index (κ1) is 10.3. The fraction of sp³-hybridized carbons (Fsp3) is 0. The van der Waals surface area contributed by atoms with E-state index in [0.29, 0.717) is 22.4 Å². The standard InChI is InChI=1S/C13H8N4O/c14-7-9-6-10-11(8-4-2-1-3-5-8)17-18-13(10)16-12(9)15/h1-6H,(H2,15,16). The van der Waals surface area contributed by atoms with E-state index in [1.165, 1.54) is 0 Å². The number of hydrogen-bond acceptors (Lipinski definition) is 5. The van der Waals surface area contributed by atoms with Gasteiger partial charge in [0.25, 0.3) is 5.71 Å². The van der Waals surface area contributed by atoms with Crippen LogP contribution in [0, 0.1) is 11.3 Å². The molecule has 2 N–H and O–H groups in total. The van der Waals surface area contributed by atoms with Crippen molar-refractivity contribution in [1.82, 2.24) is 10.1 Å². The Morgan fingerprint density at radius 3 is 2.72 bits per heavy atom. The van der Waals surface area contributed by atoms with Crippen LogP contribution in [0.1, 0.15) is 5.56 Å². The smallest absolute Gasteiger partial charge is 0.260 e. The Bertz CT molecular complexity index is 756. The number of anilines is 1. The van der Waals surface area contributed by atoms with Gasteiger partial charge in [0.15, 0.2) is 0 Å². The van der Waals surface area contributed by atoms with E-state index >= 15 is 0 Å². The first-order valence-electron chi connectivity index (χ1n) is 5.31. The van der Waals surface area contributed by atoms with E-state index in [0.717, 1.165) is 5.56 Å². The number of aromatic nitrogens is 2. The van der Waals surface area contributed by atoms with Crippen LogP contribution in [-0.2, 0) is 0 Å². The van der Waals surface area contributed by atoms with Crippen molar-refractivity contribution in [2.75, 3.05) is 5.73 Å². The Labute approximate surface area is 102 Å². The number of nitrogens with zero attached hydrogens (tertiary/aromatic N) is 3. The first-order valence-corrected chi connectivity index (χ1v) is 5.31. The highest BCUT2D eigenvalue weighted by atomic mass is 16.5. The third kappa shape index (κ3) is 1.48. The largest absolute Gasteiger partial charge is 0.382 e. The van der Waals surface area contributed by atoms with Crippen LogP contribution in [0.2, 0.25) is 0 Å². The second kappa shape index (κ2) is 3.86. The molecule has 0 aliphatic carbocycles. The first-order chi connectivity index (χ1) is 8.79. The zero-order chi connectivity index (χ0) is 12.5. The molecule has 0 bridgehead atoms. The normalized spacial score (nSPS) is 10.4. The van der Waals surface area contributed by atoms with Crippen LogP contribution in [0.5, 0.6) is 0 Å². The average molecular weight is 236 g/mol. The number of pyridine rings is 1. The van der Waals surface area contributed by atoms with E-state index in [1.807, 2.05) is 36.4 Å². The van der Waals surface area contributed by atoms with E-state index < -0.39 is 0 Å². The second-order valence-electron chi connectivity index (χ2n) is 3.78. The van der Waals surface area contributed by atoms with Crippen LogP contribution in [-0.4, -0.2) is 10.1 Å². The van der Waals surface area contributed by atoms with Gasteiger partial charge in [-0.25, -0.2) is 0 Å². The maximum atomic E-state index is 8.96. The average Bonchev–Trinajstić information content (AvgIpc) is 2.81. The lowest BCUT2D eigenvalue weighted by Gasteiger charge is -1.97. The summed E-state index contributed by atoms with van der Waals surface area (Å²) in [5, 5.41) is 13.6. The van der Waals surface area contributed by atoms with Gasteiger partial charge in [-0.15, -0.1) is 0 Å². The summed E-state index contributed by atoms with van der Waals surface area (Å²) in [5.41, 5.74) is 7.85. The van der Waals surface area contributed by atoms with E-state index in [1.54, 1.807) is 6.07 Å². The van der Waals surface area contributed by atoms with Crippen LogP contribution in [0.25, 0.3) is 22.4 Å². The maximum absolute atomic E-state index is 8.96. The highest BCUT2D eigenvalue weighted by molar-refractivity contribution is 5.91. The summed E-state index contributed by atoms with van der Waals surface area (Å²) < 4.78 is 5.13. The summed E-state index contributed by atoms with van der Waals surface area (Å²) in [6, 6.07) is 13.2. The van der Waals surface area contributed by atoms with Crippen LogP contribution in [0.3, 0.4) is 0 Å². The number of rotatable bonds is 1. The SMILES string of the molecule is N#Cc1cc2c(-c3ccccc3)noc2nc1N. The van der Waals surface area contributed by atoms with Crippen molar-refractivity contribution in [3.8, 4) is 17.3 Å². The minimum absolute atomic E-state index is 0.153. The van der Waals surface area contributed by atoms with Crippen LogP contribution in [0.15, 0.2) is 40.9 Å². The summed E-state index contributed by atoms with van der Waals surface area (Å²) in [7, 11) is 0. The van der Waals surface area contributed by atoms with Gasteiger partial charge in [0, 0.05) is 5.56 Å². The highest BCUT2D eigenvalue weighted by Crippen LogP contribution is 2.28. The Morgan fingerprint density at radius 2 is 2.00 bits per heavy atom. The minimum atomic E-state index is 0.153. The maximum Gasteiger partial charge on any atom is 0.260 e. The molecule has 0 aliphatic heterocycles. The molecule has 0 spiro atoms. The molecule has 18 heavy (non-hydrogen) atoms. The molecule has 0 saturated carbocycles. The Kier molecular flexibility index (Phi) is 2.21. The van der Waals surface area contributed by atoms with Crippen molar-refractivity contribution < 1.29 is 4.52 Å². The topological polar surface area (TPSA) is 88.7 Å². The molecule has 3 aromatic rings. The number of hydrogen-bond donors (Lipinski definition) is 1. The van der Waals surface area contributed by atoms with Gasteiger partial charge < -0.3 is 10.3 Å². The molecule has 0 radical (unpaired) electrons. The summed E-state index contributed by atoms with van der Waals surface area (Å²) >= 11 is 0. The molecular weight excluding hydrogens is 228 g/mol. The fourth-order valence-electron chi connectivity index (χ4n) is 1.78. The van der Waals surface area contributed by atoms with Gasteiger partial charge in [-0.3, -0.25) is 0 Å². The van der Waals surface area contributed by atoms with Gasteiger partial charge in [0.1, 0.15) is 17.6 Å². The van der Waals surface area contributed by atoms with Crippen molar-refractivity contribution >= 4 is 16.9 Å². The highest BCUT2D eigenvalue weighted by Gasteiger charge is 2.14. The lowest BCUT2D eigenvalue weighted by atomic mass is 10.1. The molecule has 2 aromatic heterocycles. The Morgan fingerprint density at radius 1 is 1.22 bits per heavy atom. The molecule has 0 aliphatic rings. The van der Waals surface area contributed by atoms with Crippen LogP contribution >= 0.6 is 0 Å². The van der Waals surface area contributed by atoms with Crippen molar-refractivity contribution in [2.45, 2.75) is 0 Å². The summed E-state index contributed by atoms with van der Waals surface area (Å²) in [4.78, 5) is 4.02. The zero-order valence-electron chi connectivity index (χ0n) is 9.29. The Balaban J connectivity index is 2.30. The number of nitriles is 1. The minimum Gasteiger partial charge on any atom is -0.382 e. The van der Waals surface area contributed by atoms with E-state index in [-0.39, 0.29) is 5.82 Å². The number of fused-ring (bicyclic) bond motifs is 1. The van der Waals surface area contributed by atoms with Gasteiger partial charge in [-0.05, 0) is 6.07 Å². The third-order valence-electron chi connectivity index (χ3n) is 2.66. The van der Waals surface area contributed by atoms with Crippen molar-refractivity contribution in [3.63, 3.8) is 0 Å². The number of benzene rings is 1. The monoisotopic (exact) mass is 236 g/mol. The number of nitrogens with two attached hydrogens (primary N) is 1. The zero-order valence-corrected chi connectivity index (χ0v) is 9.29. The van der Waals surface area contributed by atoms with Gasteiger partial charge in [0.05, 0.1) is 10.9 Å². The molecule has 86 valence electrons. The molecule has 3 rings (SSSR count). The third-order valence-corrected chi connectivity index (χ3v) is 2.66. The molecule has 0 atom stereocenters. The Hall–Kier alpha value is -2.87. The van der Waals surface area contributed by atoms with Crippen LogP contribution < -0.4 is 5.73 Å². The molecule has 2 heterocycles. The van der Waals surface area contributed by atoms with Gasteiger partial charge in [-0.1, -0.05) is 35.5 Å². The molecular formula is C13H8N4O. The summed E-state index contributed by atoms with van der Waals surface area (Å²) in [6.45, 7) is 0. The summed E-state index contributed by atoms with van der Waals surface area (Å²) in [5.74, 6) is 0.153. The van der Waals surface area contributed by atoms with Crippen molar-refractivity contribution in [2.24, 2.45) is 0 Å². The van der Waals surface area contributed by atoms with Gasteiger partial charge in [0.2, 0.25) is 0 Å². The fourth-order valence-corrected chi connectivity index (χ4v) is 1.78. The van der Waals surface area contributed by atoms with Crippen molar-refractivity contribution in [1.29, 1.82) is 5.26 Å². The lowest BCUT2D eigenvalue weighted by molar-refractivity contribution is 0.452. The van der Waals surface area contributed by atoms with Gasteiger partial charge in [-0.2, -0.15) is 10.2 Å². The van der Waals surface area contributed by atoms with Crippen LogP contribution in [0.4, 0.5) is 5.82 Å². The molecule has 5 heteroatoms. The summed E-state index contributed by atoms with van der Waals surface area (Å²) in [6.07, 6.45) is 0. The molecule has 5 nitrogen and oxygen atoms in total. The predicted molar refractivity (Wildman–Crippen MR) is 66.4 cm³/mol. The molecule has 1 aromatic carbocycles. The predicted octanol–water partition coefficient (Wildman–Crippen LogP) is 2.34. The van der Waals surface area contributed by atoms with Crippen molar-refractivity contribution in [3.05, 3.63) is 42.0 Å². The molecule has 0 saturated heterocycles. The van der Waals surface area contributed by atoms with E-state index in [2.05, 4.69) is 10.1 Å². The quantitative estimate of drug-likeness (QED) is 0.700. The number of nitrogen functional groups attached to an aromatic ring is 1.